The Morgan fingerprint density at radius 1 is 1.17 bits per heavy atom. The number of hydrogen-bond donors (Lipinski definition) is 1. The van der Waals surface area contributed by atoms with Crippen LogP contribution in [0.4, 0.5) is 5.69 Å². The number of furan rings is 1. The molecule has 1 aliphatic heterocycles. The summed E-state index contributed by atoms with van der Waals surface area (Å²) in [5.74, 6) is 0.736. The number of carbonyl (C=O) groups excluding carboxylic acids is 1. The monoisotopic (exact) mass is 447 g/mol. The van der Waals surface area contributed by atoms with Gasteiger partial charge in [0.2, 0.25) is 0 Å². The number of amidine groups is 1. The molecule has 2 aromatic carbocycles. The zero-order valence-corrected chi connectivity index (χ0v) is 17.2. The van der Waals surface area contributed by atoms with Crippen LogP contribution in [-0.2, 0) is 4.79 Å². The number of rotatable bonds is 5. The van der Waals surface area contributed by atoms with Gasteiger partial charge in [-0.1, -0.05) is 53.2 Å². The second-order valence-electron chi connectivity index (χ2n) is 5.96. The fourth-order valence-corrected chi connectivity index (χ4v) is 4.08. The van der Waals surface area contributed by atoms with Gasteiger partial charge in [-0.05, 0) is 42.5 Å². The van der Waals surface area contributed by atoms with E-state index in [0.29, 0.717) is 26.7 Å². The lowest BCUT2D eigenvalue weighted by atomic mass is 10.3. The molecule has 1 atom stereocenters. The van der Waals surface area contributed by atoms with E-state index in [-0.39, 0.29) is 17.9 Å². The van der Waals surface area contributed by atoms with Crippen LogP contribution >= 0.6 is 35.0 Å². The highest BCUT2D eigenvalue weighted by atomic mass is 35.5. The van der Waals surface area contributed by atoms with E-state index < -0.39 is 0 Å². The number of thioether (sulfide) groups is 1. The van der Waals surface area contributed by atoms with E-state index in [1.807, 2.05) is 36.4 Å². The molecule has 1 unspecified atom stereocenters. The normalized spacial score (nSPS) is 17.7. The van der Waals surface area contributed by atoms with E-state index in [1.54, 1.807) is 30.5 Å². The van der Waals surface area contributed by atoms with Crippen LogP contribution in [-0.4, -0.2) is 22.7 Å². The standard InChI is InChI=1S/C20H15Cl2N3O3S/c21-13-8-9-16(15(22)11-13)28-12-18(26)25-20(23-14-5-2-1-3-6-14)29-19(24-25)17-7-4-10-27-17/h1-11,19,24H,12H2. The Kier molecular flexibility index (Phi) is 6.10. The number of nitrogens with one attached hydrogen (secondary N) is 1. The van der Waals surface area contributed by atoms with Gasteiger partial charge in [-0.25, -0.2) is 15.4 Å². The van der Waals surface area contributed by atoms with Crippen molar-refractivity contribution in [3.05, 3.63) is 82.7 Å². The molecule has 2 heterocycles. The SMILES string of the molecule is O=C(COc1ccc(Cl)cc1Cl)N1NC(c2ccco2)SC1=Nc1ccccc1. The maximum atomic E-state index is 12.9. The highest BCUT2D eigenvalue weighted by Gasteiger charge is 2.35. The van der Waals surface area contributed by atoms with E-state index in [4.69, 9.17) is 32.4 Å². The van der Waals surface area contributed by atoms with Crippen LogP contribution in [0.5, 0.6) is 5.75 Å². The number of nitrogens with zero attached hydrogens (tertiary/aromatic N) is 2. The number of amides is 1. The van der Waals surface area contributed by atoms with Gasteiger partial charge in [-0.15, -0.1) is 0 Å². The molecule has 1 N–H and O–H groups in total. The zero-order valence-electron chi connectivity index (χ0n) is 14.9. The Morgan fingerprint density at radius 2 is 2.00 bits per heavy atom. The lowest BCUT2D eigenvalue weighted by molar-refractivity contribution is -0.131. The third-order valence-corrected chi connectivity index (χ3v) is 5.53. The summed E-state index contributed by atoms with van der Waals surface area (Å²) in [6.45, 7) is -0.229. The van der Waals surface area contributed by atoms with Crippen molar-refractivity contribution < 1.29 is 13.9 Å². The van der Waals surface area contributed by atoms with Crippen LogP contribution in [0.3, 0.4) is 0 Å². The second-order valence-corrected chi connectivity index (χ2v) is 7.88. The van der Waals surface area contributed by atoms with Crippen molar-refractivity contribution >= 4 is 51.7 Å². The van der Waals surface area contributed by atoms with Crippen molar-refractivity contribution in [1.29, 1.82) is 0 Å². The number of hydrogen-bond acceptors (Lipinski definition) is 6. The highest BCUT2D eigenvalue weighted by molar-refractivity contribution is 8.14. The topological polar surface area (TPSA) is 67.1 Å². The summed E-state index contributed by atoms with van der Waals surface area (Å²) in [5, 5.41) is 2.41. The van der Waals surface area contributed by atoms with Gasteiger partial charge < -0.3 is 9.15 Å². The smallest absolute Gasteiger partial charge is 0.281 e. The van der Waals surface area contributed by atoms with Crippen molar-refractivity contribution in [2.24, 2.45) is 4.99 Å². The van der Waals surface area contributed by atoms with Crippen LogP contribution < -0.4 is 10.2 Å². The van der Waals surface area contributed by atoms with Crippen molar-refractivity contribution in [1.82, 2.24) is 10.4 Å². The molecule has 6 nitrogen and oxygen atoms in total. The quantitative estimate of drug-likeness (QED) is 0.564. The van der Waals surface area contributed by atoms with Crippen molar-refractivity contribution in [2.75, 3.05) is 6.61 Å². The summed E-state index contributed by atoms with van der Waals surface area (Å²) >= 11 is 13.4. The predicted octanol–water partition coefficient (Wildman–Crippen LogP) is 5.43. The number of ether oxygens (including phenoxy) is 1. The second kappa shape index (κ2) is 8.92. The Hall–Kier alpha value is -2.45. The molecule has 29 heavy (non-hydrogen) atoms. The van der Waals surface area contributed by atoms with Gasteiger partial charge >= 0.3 is 0 Å². The van der Waals surface area contributed by atoms with Crippen molar-refractivity contribution in [3.8, 4) is 5.75 Å². The first-order valence-corrected chi connectivity index (χ1v) is 10.2. The molecule has 9 heteroatoms. The molecule has 0 radical (unpaired) electrons. The van der Waals surface area contributed by atoms with Gasteiger partial charge in [0.15, 0.2) is 11.8 Å². The van der Waals surface area contributed by atoms with Crippen LogP contribution in [0, 0.1) is 0 Å². The molecule has 0 aliphatic carbocycles. The third kappa shape index (κ3) is 4.76. The molecule has 3 aromatic rings. The number of para-hydroxylation sites is 1. The van der Waals surface area contributed by atoms with Crippen molar-refractivity contribution in [3.63, 3.8) is 0 Å². The summed E-state index contributed by atoms with van der Waals surface area (Å²) < 4.78 is 11.0. The molecule has 0 saturated carbocycles. The molecule has 0 spiro atoms. The van der Waals surface area contributed by atoms with Gasteiger partial charge in [0.25, 0.3) is 5.91 Å². The summed E-state index contributed by atoms with van der Waals surface area (Å²) in [4.78, 5) is 17.4. The number of benzene rings is 2. The number of carbonyl (C=O) groups is 1. The molecule has 1 fully saturated rings. The third-order valence-electron chi connectivity index (χ3n) is 3.94. The average Bonchev–Trinajstić information content (AvgIpc) is 3.38. The van der Waals surface area contributed by atoms with Gasteiger partial charge in [-0.3, -0.25) is 4.79 Å². The van der Waals surface area contributed by atoms with E-state index in [2.05, 4.69) is 10.4 Å². The molecular formula is C20H15Cl2N3O3S. The number of aliphatic imine (C=N–C) groups is 1. The van der Waals surface area contributed by atoms with Gasteiger partial charge in [0.05, 0.1) is 17.0 Å². The Labute approximate surface area is 181 Å². The molecular weight excluding hydrogens is 433 g/mol. The zero-order chi connectivity index (χ0) is 20.2. The number of halogens is 2. The van der Waals surface area contributed by atoms with Crippen LogP contribution in [0.15, 0.2) is 76.3 Å². The predicted molar refractivity (Wildman–Crippen MR) is 115 cm³/mol. The molecule has 1 saturated heterocycles. The summed E-state index contributed by atoms with van der Waals surface area (Å²) in [5.41, 5.74) is 3.84. The molecule has 1 aromatic heterocycles. The Bertz CT molecular complexity index is 1030. The fraction of sp³-hybridized carbons (Fsp3) is 0.100. The van der Waals surface area contributed by atoms with E-state index in [1.165, 1.54) is 16.8 Å². The lowest BCUT2D eigenvalue weighted by Gasteiger charge is -2.17. The van der Waals surface area contributed by atoms with Crippen LogP contribution in [0.25, 0.3) is 0 Å². The van der Waals surface area contributed by atoms with E-state index in [9.17, 15) is 4.79 Å². The van der Waals surface area contributed by atoms with E-state index in [0.717, 1.165) is 5.69 Å². The average molecular weight is 448 g/mol. The van der Waals surface area contributed by atoms with Crippen LogP contribution in [0.1, 0.15) is 11.1 Å². The van der Waals surface area contributed by atoms with Gasteiger partial charge in [0, 0.05) is 5.02 Å². The number of hydrazine groups is 1. The van der Waals surface area contributed by atoms with Crippen molar-refractivity contribution in [2.45, 2.75) is 5.37 Å². The first kappa shape index (κ1) is 19.8. The maximum Gasteiger partial charge on any atom is 0.281 e. The molecule has 4 rings (SSSR count). The minimum absolute atomic E-state index is 0.229. The molecule has 0 bridgehead atoms. The minimum atomic E-state index is -0.327. The van der Waals surface area contributed by atoms with Gasteiger partial charge in [-0.2, -0.15) is 0 Å². The lowest BCUT2D eigenvalue weighted by Crippen LogP contribution is -2.43. The van der Waals surface area contributed by atoms with Crippen LogP contribution in [0.2, 0.25) is 10.0 Å². The maximum absolute atomic E-state index is 12.9. The minimum Gasteiger partial charge on any atom is -0.482 e. The summed E-state index contributed by atoms with van der Waals surface area (Å²) in [7, 11) is 0. The first-order valence-electron chi connectivity index (χ1n) is 8.61. The fourth-order valence-electron chi connectivity index (χ4n) is 2.58. The Balaban J connectivity index is 1.53. The highest BCUT2D eigenvalue weighted by Crippen LogP contribution is 2.36. The first-order chi connectivity index (χ1) is 14.1. The molecule has 148 valence electrons. The molecule has 1 amide bonds. The largest absolute Gasteiger partial charge is 0.482 e. The van der Waals surface area contributed by atoms with Gasteiger partial charge in [0.1, 0.15) is 16.9 Å². The Morgan fingerprint density at radius 3 is 2.72 bits per heavy atom. The summed E-state index contributed by atoms with van der Waals surface area (Å²) in [6, 6.07) is 17.8. The molecule has 1 aliphatic rings. The summed E-state index contributed by atoms with van der Waals surface area (Å²) in [6.07, 6.45) is 1.59. The van der Waals surface area contributed by atoms with E-state index >= 15 is 0 Å².